The van der Waals surface area contributed by atoms with Gasteiger partial charge in [-0.25, -0.2) is 0 Å². The Balaban J connectivity index is 1.53. The van der Waals surface area contributed by atoms with E-state index in [0.717, 1.165) is 13.0 Å². The molecule has 1 aliphatic carbocycles. The Morgan fingerprint density at radius 1 is 1.26 bits per heavy atom. The van der Waals surface area contributed by atoms with Gasteiger partial charge in [0.1, 0.15) is 0 Å². The second-order valence-corrected chi connectivity index (χ2v) is 6.43. The van der Waals surface area contributed by atoms with Crippen molar-refractivity contribution in [2.24, 2.45) is 5.41 Å². The molecule has 1 aromatic carbocycles. The van der Waals surface area contributed by atoms with Gasteiger partial charge in [0.25, 0.3) is 0 Å². The maximum absolute atomic E-state index is 3.68. The molecule has 104 valence electrons. The molecule has 1 aliphatic heterocycles. The molecule has 2 nitrogen and oxygen atoms in total. The van der Waals surface area contributed by atoms with E-state index in [2.05, 4.69) is 47.5 Å². The number of piperazine rings is 1. The first-order chi connectivity index (χ1) is 9.30. The molecule has 0 amide bonds. The minimum atomic E-state index is 0.629. The summed E-state index contributed by atoms with van der Waals surface area (Å²) in [6.07, 6.45) is 5.43. The highest BCUT2D eigenvalue weighted by Gasteiger charge is 2.42. The van der Waals surface area contributed by atoms with Gasteiger partial charge < -0.3 is 5.32 Å². The number of benzene rings is 1. The van der Waals surface area contributed by atoms with Crippen LogP contribution in [0.2, 0.25) is 0 Å². The second-order valence-electron chi connectivity index (χ2n) is 6.43. The van der Waals surface area contributed by atoms with Crippen LogP contribution in [-0.4, -0.2) is 37.1 Å². The first kappa shape index (κ1) is 13.1. The number of rotatable bonds is 5. The molecule has 0 bridgehead atoms. The molecule has 2 heteroatoms. The van der Waals surface area contributed by atoms with Crippen molar-refractivity contribution in [1.29, 1.82) is 0 Å². The summed E-state index contributed by atoms with van der Waals surface area (Å²) in [7, 11) is 0. The summed E-state index contributed by atoms with van der Waals surface area (Å²) < 4.78 is 0. The van der Waals surface area contributed by atoms with E-state index in [0.29, 0.717) is 11.5 Å². The van der Waals surface area contributed by atoms with Crippen LogP contribution in [-0.2, 0) is 6.42 Å². The molecule has 0 radical (unpaired) electrons. The fourth-order valence-corrected chi connectivity index (χ4v) is 3.35. The van der Waals surface area contributed by atoms with Gasteiger partial charge in [0.05, 0.1) is 0 Å². The van der Waals surface area contributed by atoms with Crippen molar-refractivity contribution in [3.63, 3.8) is 0 Å². The van der Waals surface area contributed by atoms with Crippen molar-refractivity contribution >= 4 is 0 Å². The van der Waals surface area contributed by atoms with Crippen LogP contribution in [0.1, 0.15) is 31.7 Å². The van der Waals surface area contributed by atoms with Crippen molar-refractivity contribution in [3.05, 3.63) is 35.9 Å². The third-order valence-electron chi connectivity index (χ3n) is 4.93. The molecule has 2 aliphatic rings. The summed E-state index contributed by atoms with van der Waals surface area (Å²) in [5, 5.41) is 3.68. The fourth-order valence-electron chi connectivity index (χ4n) is 3.35. The van der Waals surface area contributed by atoms with Crippen molar-refractivity contribution in [1.82, 2.24) is 10.2 Å². The lowest BCUT2D eigenvalue weighted by molar-refractivity contribution is 0.162. The van der Waals surface area contributed by atoms with Crippen molar-refractivity contribution in [3.8, 4) is 0 Å². The van der Waals surface area contributed by atoms with Gasteiger partial charge in [-0.1, -0.05) is 37.3 Å². The summed E-state index contributed by atoms with van der Waals surface area (Å²) in [6.45, 7) is 7.29. The molecular weight excluding hydrogens is 232 g/mol. The molecule has 1 saturated carbocycles. The maximum atomic E-state index is 3.68. The molecule has 2 fully saturated rings. The van der Waals surface area contributed by atoms with Crippen LogP contribution < -0.4 is 5.32 Å². The molecule has 1 saturated heterocycles. The first-order valence-corrected chi connectivity index (χ1v) is 7.79. The molecule has 0 spiro atoms. The van der Waals surface area contributed by atoms with E-state index >= 15 is 0 Å². The predicted octanol–water partition coefficient (Wildman–Crippen LogP) is 2.69. The average Bonchev–Trinajstić information content (AvgIpc) is 3.21. The lowest BCUT2D eigenvalue weighted by Gasteiger charge is -2.36. The number of hydrogen-bond donors (Lipinski definition) is 1. The van der Waals surface area contributed by atoms with Crippen LogP contribution in [0.5, 0.6) is 0 Å². The molecule has 0 aromatic heterocycles. The zero-order chi connectivity index (χ0) is 13.1. The normalized spacial score (nSPS) is 26.3. The minimum Gasteiger partial charge on any atom is -0.311 e. The van der Waals surface area contributed by atoms with Crippen LogP contribution in [0.25, 0.3) is 0 Å². The third-order valence-corrected chi connectivity index (χ3v) is 4.93. The Morgan fingerprint density at radius 2 is 2.05 bits per heavy atom. The summed E-state index contributed by atoms with van der Waals surface area (Å²) in [6, 6.07) is 11.5. The summed E-state index contributed by atoms with van der Waals surface area (Å²) in [5.74, 6) is 0. The molecule has 19 heavy (non-hydrogen) atoms. The predicted molar refractivity (Wildman–Crippen MR) is 80.3 cm³/mol. The molecule has 1 atom stereocenters. The van der Waals surface area contributed by atoms with E-state index in [1.165, 1.54) is 44.5 Å². The number of hydrogen-bond acceptors (Lipinski definition) is 2. The van der Waals surface area contributed by atoms with Crippen molar-refractivity contribution < 1.29 is 0 Å². The standard InChI is InChI=1S/C17H26N2/c1-2-17(8-9-17)14-19-11-10-18-16(13-19)12-15-6-4-3-5-7-15/h3-7,16,18H,2,8-14H2,1H3. The average molecular weight is 258 g/mol. The van der Waals surface area contributed by atoms with Crippen LogP contribution in [0.4, 0.5) is 0 Å². The number of nitrogens with zero attached hydrogens (tertiary/aromatic N) is 1. The van der Waals surface area contributed by atoms with Gasteiger partial charge in [-0.2, -0.15) is 0 Å². The smallest absolute Gasteiger partial charge is 0.0235 e. The third kappa shape index (κ3) is 3.37. The highest BCUT2D eigenvalue weighted by molar-refractivity contribution is 5.16. The lowest BCUT2D eigenvalue weighted by atomic mass is 10.00. The van der Waals surface area contributed by atoms with Gasteiger partial charge in [0.2, 0.25) is 0 Å². The van der Waals surface area contributed by atoms with E-state index in [9.17, 15) is 0 Å². The van der Waals surface area contributed by atoms with Gasteiger partial charge in [0.15, 0.2) is 0 Å². The van der Waals surface area contributed by atoms with Crippen LogP contribution >= 0.6 is 0 Å². The Bertz CT molecular complexity index is 397. The summed E-state index contributed by atoms with van der Waals surface area (Å²) in [5.41, 5.74) is 2.15. The highest BCUT2D eigenvalue weighted by Crippen LogP contribution is 2.49. The Hall–Kier alpha value is -0.860. The summed E-state index contributed by atoms with van der Waals surface area (Å²) >= 11 is 0. The zero-order valence-electron chi connectivity index (χ0n) is 12.1. The van der Waals surface area contributed by atoms with Crippen LogP contribution in [0.3, 0.4) is 0 Å². The highest BCUT2D eigenvalue weighted by atomic mass is 15.2. The fraction of sp³-hybridized carbons (Fsp3) is 0.647. The molecule has 1 unspecified atom stereocenters. The van der Waals surface area contributed by atoms with Gasteiger partial charge in [-0.05, 0) is 36.7 Å². The monoisotopic (exact) mass is 258 g/mol. The minimum absolute atomic E-state index is 0.629. The Morgan fingerprint density at radius 3 is 2.74 bits per heavy atom. The van der Waals surface area contributed by atoms with Gasteiger partial charge in [-0.15, -0.1) is 0 Å². The Kier molecular flexibility index (Phi) is 3.90. The van der Waals surface area contributed by atoms with Gasteiger partial charge in [-0.3, -0.25) is 4.90 Å². The quantitative estimate of drug-likeness (QED) is 0.873. The first-order valence-electron chi connectivity index (χ1n) is 7.79. The lowest BCUT2D eigenvalue weighted by Crippen LogP contribution is -2.52. The second kappa shape index (κ2) is 5.64. The largest absolute Gasteiger partial charge is 0.311 e. The zero-order valence-corrected chi connectivity index (χ0v) is 12.1. The van der Waals surface area contributed by atoms with E-state index in [1.54, 1.807) is 0 Å². The summed E-state index contributed by atoms with van der Waals surface area (Å²) in [4.78, 5) is 2.70. The SMILES string of the molecule is CCC1(CN2CCNC(Cc3ccccc3)C2)CC1. The topological polar surface area (TPSA) is 15.3 Å². The van der Waals surface area contributed by atoms with Crippen LogP contribution in [0.15, 0.2) is 30.3 Å². The molecule has 1 aromatic rings. The van der Waals surface area contributed by atoms with Crippen LogP contribution in [0, 0.1) is 5.41 Å². The Labute approximate surface area is 117 Å². The van der Waals surface area contributed by atoms with E-state index in [1.807, 2.05) is 0 Å². The molecule has 1 heterocycles. The molecule has 1 N–H and O–H groups in total. The van der Waals surface area contributed by atoms with Crippen molar-refractivity contribution in [2.75, 3.05) is 26.2 Å². The van der Waals surface area contributed by atoms with Gasteiger partial charge >= 0.3 is 0 Å². The van der Waals surface area contributed by atoms with E-state index in [4.69, 9.17) is 0 Å². The van der Waals surface area contributed by atoms with E-state index in [-0.39, 0.29) is 0 Å². The van der Waals surface area contributed by atoms with Gasteiger partial charge in [0, 0.05) is 32.2 Å². The molecular formula is C17H26N2. The maximum Gasteiger partial charge on any atom is 0.0235 e. The molecule has 3 rings (SSSR count). The van der Waals surface area contributed by atoms with E-state index < -0.39 is 0 Å². The number of nitrogens with one attached hydrogen (secondary N) is 1. The van der Waals surface area contributed by atoms with Crippen molar-refractivity contribution in [2.45, 2.75) is 38.6 Å².